The van der Waals surface area contributed by atoms with E-state index in [-0.39, 0.29) is 28.2 Å². The van der Waals surface area contributed by atoms with E-state index in [4.69, 9.17) is 17.3 Å². The second kappa shape index (κ2) is 6.96. The van der Waals surface area contributed by atoms with Crippen molar-refractivity contribution in [1.82, 2.24) is 9.97 Å². The Labute approximate surface area is 139 Å². The number of rotatable bonds is 3. The molecule has 0 aliphatic rings. The highest BCUT2D eigenvalue weighted by molar-refractivity contribution is 6.43. The van der Waals surface area contributed by atoms with Crippen LogP contribution in [0.15, 0.2) is 23.0 Å². The molecular weight excluding hydrogens is 343 g/mol. The van der Waals surface area contributed by atoms with Gasteiger partial charge in [0.05, 0.1) is 5.02 Å². The fraction of sp³-hybridized carbons (Fsp3) is 0.0769. The minimum absolute atomic E-state index is 0.0276. The molecule has 0 fully saturated rings. The highest BCUT2D eigenvalue weighted by Crippen LogP contribution is 2.18. The summed E-state index contributed by atoms with van der Waals surface area (Å²) in [4.78, 5) is 41.4. The number of halogens is 2. The molecule has 1 heterocycles. The molecule has 1 aromatic heterocycles. The quantitative estimate of drug-likeness (QED) is 0.515. The largest absolute Gasteiger partial charge is 0.391 e. The van der Waals surface area contributed by atoms with E-state index >= 15 is 0 Å². The van der Waals surface area contributed by atoms with Crippen LogP contribution in [0.3, 0.4) is 0 Å². The maximum Gasteiger partial charge on any atom is 0.315 e. The minimum Gasteiger partial charge on any atom is -0.391 e. The lowest BCUT2D eigenvalue weighted by Crippen LogP contribution is -2.31. The van der Waals surface area contributed by atoms with Gasteiger partial charge in [-0.05, 0) is 18.2 Å². The van der Waals surface area contributed by atoms with Crippen molar-refractivity contribution in [1.29, 1.82) is 0 Å². The van der Waals surface area contributed by atoms with E-state index in [9.17, 15) is 18.8 Å². The summed E-state index contributed by atoms with van der Waals surface area (Å²) < 4.78 is 13.3. The number of carbonyl (C=O) groups is 2. The first-order chi connectivity index (χ1) is 11.3. The lowest BCUT2D eigenvalue weighted by molar-refractivity contribution is -0.133. The molecule has 0 radical (unpaired) electrons. The summed E-state index contributed by atoms with van der Waals surface area (Å²) >= 11 is 5.52. The number of nitrogens with zero attached hydrogens (tertiary/aromatic N) is 1. The van der Waals surface area contributed by atoms with Crippen LogP contribution in [0.4, 0.5) is 27.5 Å². The number of carbonyl (C=O) groups excluding carboxylic acids is 2. The smallest absolute Gasteiger partial charge is 0.315 e. The van der Waals surface area contributed by atoms with Gasteiger partial charge in [0.1, 0.15) is 11.5 Å². The number of anilines is 4. The van der Waals surface area contributed by atoms with E-state index in [2.05, 4.69) is 25.9 Å². The Balaban J connectivity index is 2.14. The summed E-state index contributed by atoms with van der Waals surface area (Å²) in [6.07, 6.45) is 0. The summed E-state index contributed by atoms with van der Waals surface area (Å²) in [6.45, 7) is 0. The first kappa shape index (κ1) is 17.2. The molecule has 6 N–H and O–H groups in total. The van der Waals surface area contributed by atoms with Crippen LogP contribution in [-0.2, 0) is 9.59 Å². The number of aromatic amines is 1. The highest BCUT2D eigenvalue weighted by Gasteiger charge is 2.18. The zero-order chi connectivity index (χ0) is 17.9. The summed E-state index contributed by atoms with van der Waals surface area (Å²) in [5.41, 5.74) is 4.47. The van der Waals surface area contributed by atoms with E-state index < -0.39 is 23.2 Å². The second-order valence-corrected chi connectivity index (χ2v) is 4.87. The van der Waals surface area contributed by atoms with Gasteiger partial charge in [-0.2, -0.15) is 4.98 Å². The summed E-state index contributed by atoms with van der Waals surface area (Å²) in [7, 11) is 1.49. The molecule has 1 aromatic carbocycles. The number of hydrogen-bond donors (Lipinski definition) is 5. The molecule has 9 nitrogen and oxygen atoms in total. The number of nitrogens with two attached hydrogens (primary N) is 1. The number of nitrogens with one attached hydrogen (secondary N) is 4. The number of H-pyrrole nitrogens is 1. The molecule has 0 saturated heterocycles. The second-order valence-electron chi connectivity index (χ2n) is 4.46. The third-order valence-corrected chi connectivity index (χ3v) is 3.11. The summed E-state index contributed by atoms with van der Waals surface area (Å²) in [6, 6.07) is 3.49. The van der Waals surface area contributed by atoms with Crippen LogP contribution in [0.5, 0.6) is 0 Å². The summed E-state index contributed by atoms with van der Waals surface area (Å²) in [5, 5.41) is 6.71. The van der Waals surface area contributed by atoms with Gasteiger partial charge < -0.3 is 21.7 Å². The Hall–Kier alpha value is -3.14. The van der Waals surface area contributed by atoms with Crippen molar-refractivity contribution in [3.05, 3.63) is 39.4 Å². The topological polar surface area (TPSA) is 142 Å². The maximum absolute atomic E-state index is 13.3. The Morgan fingerprint density at radius 3 is 2.58 bits per heavy atom. The van der Waals surface area contributed by atoms with Crippen molar-refractivity contribution in [3.8, 4) is 0 Å². The van der Waals surface area contributed by atoms with E-state index in [0.29, 0.717) is 0 Å². The first-order valence-corrected chi connectivity index (χ1v) is 6.84. The monoisotopic (exact) mass is 354 g/mol. The molecule has 0 aliphatic heterocycles. The predicted molar refractivity (Wildman–Crippen MR) is 87.5 cm³/mol. The fourth-order valence-electron chi connectivity index (χ4n) is 1.62. The average Bonchev–Trinajstić information content (AvgIpc) is 2.54. The molecule has 24 heavy (non-hydrogen) atoms. The van der Waals surface area contributed by atoms with Gasteiger partial charge in [-0.15, -0.1) is 0 Å². The molecular formula is C13H12ClFN6O3. The highest BCUT2D eigenvalue weighted by atomic mass is 35.5. The van der Waals surface area contributed by atoms with Crippen LogP contribution in [0.1, 0.15) is 0 Å². The van der Waals surface area contributed by atoms with Crippen LogP contribution in [0.25, 0.3) is 0 Å². The molecule has 0 unspecified atom stereocenters. The molecule has 126 valence electrons. The minimum atomic E-state index is -1.14. The van der Waals surface area contributed by atoms with Gasteiger partial charge in [-0.3, -0.25) is 19.4 Å². The van der Waals surface area contributed by atoms with Gasteiger partial charge >= 0.3 is 11.8 Å². The number of aromatic nitrogens is 2. The Bertz CT molecular complexity index is 869. The molecule has 11 heteroatoms. The van der Waals surface area contributed by atoms with Crippen LogP contribution in [0.2, 0.25) is 5.02 Å². The van der Waals surface area contributed by atoms with E-state index in [1.165, 1.54) is 19.2 Å². The van der Waals surface area contributed by atoms with Crippen molar-refractivity contribution in [2.45, 2.75) is 0 Å². The normalized spacial score (nSPS) is 10.1. The predicted octanol–water partition coefficient (Wildman–Crippen LogP) is 0.763. The first-order valence-electron chi connectivity index (χ1n) is 6.46. The lowest BCUT2D eigenvalue weighted by atomic mass is 10.3. The number of nitrogen functional groups attached to an aromatic ring is 1. The van der Waals surface area contributed by atoms with Crippen molar-refractivity contribution < 1.29 is 14.0 Å². The van der Waals surface area contributed by atoms with E-state index in [1.807, 2.05) is 0 Å². The zero-order valence-electron chi connectivity index (χ0n) is 12.2. The number of hydrogen-bond acceptors (Lipinski definition) is 6. The SMILES string of the molecule is CNc1nc(NC(=O)C(=O)Nc2ccc(Cl)c(F)c2)c(N)c(=O)[nH]1. The van der Waals surface area contributed by atoms with Crippen molar-refractivity contribution >= 4 is 46.6 Å². The van der Waals surface area contributed by atoms with Crippen molar-refractivity contribution in [2.75, 3.05) is 28.7 Å². The van der Waals surface area contributed by atoms with Gasteiger partial charge in [0, 0.05) is 12.7 Å². The van der Waals surface area contributed by atoms with E-state index in [1.54, 1.807) is 0 Å². The van der Waals surface area contributed by atoms with Crippen molar-refractivity contribution in [2.24, 2.45) is 0 Å². The fourth-order valence-corrected chi connectivity index (χ4v) is 1.74. The molecule has 2 rings (SSSR count). The number of amides is 2. The Kier molecular flexibility index (Phi) is 4.99. The van der Waals surface area contributed by atoms with Crippen LogP contribution >= 0.6 is 11.6 Å². The lowest BCUT2D eigenvalue weighted by Gasteiger charge is -2.09. The van der Waals surface area contributed by atoms with Gasteiger partial charge in [0.25, 0.3) is 5.56 Å². The molecule has 2 amide bonds. The van der Waals surface area contributed by atoms with Crippen LogP contribution in [0, 0.1) is 5.82 Å². The standard InChI is InChI=1S/C13H12ClFN6O3/c1-17-13-20-9(8(16)10(22)21-13)19-12(24)11(23)18-5-2-3-6(14)7(15)4-5/h2-4H,16H2,1H3,(H,18,23)(H3,17,19,20,21,22,24). The third-order valence-electron chi connectivity index (χ3n) is 2.81. The maximum atomic E-state index is 13.3. The average molecular weight is 355 g/mol. The molecule has 0 bridgehead atoms. The molecule has 0 atom stereocenters. The van der Waals surface area contributed by atoms with Gasteiger partial charge in [-0.1, -0.05) is 11.6 Å². The molecule has 0 saturated carbocycles. The van der Waals surface area contributed by atoms with Gasteiger partial charge in [0.15, 0.2) is 5.82 Å². The Morgan fingerprint density at radius 2 is 1.96 bits per heavy atom. The summed E-state index contributed by atoms with van der Waals surface area (Å²) in [5.74, 6) is -3.24. The van der Waals surface area contributed by atoms with Crippen LogP contribution < -0.4 is 27.2 Å². The third kappa shape index (κ3) is 3.79. The van der Waals surface area contributed by atoms with Crippen LogP contribution in [-0.4, -0.2) is 28.8 Å². The van der Waals surface area contributed by atoms with Crippen molar-refractivity contribution in [3.63, 3.8) is 0 Å². The zero-order valence-corrected chi connectivity index (χ0v) is 13.0. The number of benzene rings is 1. The molecule has 2 aromatic rings. The van der Waals surface area contributed by atoms with E-state index in [0.717, 1.165) is 6.07 Å². The van der Waals surface area contributed by atoms with Gasteiger partial charge in [-0.25, -0.2) is 4.39 Å². The molecule has 0 spiro atoms. The Morgan fingerprint density at radius 1 is 1.29 bits per heavy atom. The van der Waals surface area contributed by atoms with Gasteiger partial charge in [0.2, 0.25) is 5.95 Å². The molecule has 0 aliphatic carbocycles.